The summed E-state index contributed by atoms with van der Waals surface area (Å²) in [7, 11) is -3.72. The van der Waals surface area contributed by atoms with Gasteiger partial charge in [-0.3, -0.25) is 9.52 Å². The Labute approximate surface area is 173 Å². The van der Waals surface area contributed by atoms with Crippen molar-refractivity contribution < 1.29 is 13.2 Å². The second kappa shape index (κ2) is 11.0. The fourth-order valence-electron chi connectivity index (χ4n) is 2.64. The molecule has 4 N–H and O–H groups in total. The van der Waals surface area contributed by atoms with Gasteiger partial charge in [0.05, 0.1) is 10.6 Å². The summed E-state index contributed by atoms with van der Waals surface area (Å²) in [6.07, 6.45) is 2.85. The number of rotatable bonds is 9. The van der Waals surface area contributed by atoms with E-state index in [0.29, 0.717) is 17.8 Å². The number of hydrogen-bond acceptors (Lipinski definition) is 4. The first-order valence-electron chi connectivity index (χ1n) is 9.06. The number of nitrogens with one attached hydrogen (secondary N) is 2. The summed E-state index contributed by atoms with van der Waals surface area (Å²) in [6, 6.07) is 12.9. The summed E-state index contributed by atoms with van der Waals surface area (Å²) in [5.41, 5.74) is 7.47. The maximum atomic E-state index is 12.5. The van der Waals surface area contributed by atoms with Gasteiger partial charge in [-0.15, -0.1) is 12.4 Å². The van der Waals surface area contributed by atoms with Crippen LogP contribution in [0, 0.1) is 6.92 Å². The molecule has 1 atom stereocenters. The monoisotopic (exact) mass is 425 g/mol. The van der Waals surface area contributed by atoms with Crippen molar-refractivity contribution in [2.45, 2.75) is 44.0 Å². The lowest BCUT2D eigenvalue weighted by Gasteiger charge is -2.16. The molecule has 0 spiro atoms. The van der Waals surface area contributed by atoms with E-state index in [1.54, 1.807) is 12.1 Å². The van der Waals surface area contributed by atoms with E-state index in [9.17, 15) is 13.2 Å². The van der Waals surface area contributed by atoms with E-state index in [1.165, 1.54) is 24.3 Å². The molecule has 8 heteroatoms. The molecule has 0 aliphatic heterocycles. The van der Waals surface area contributed by atoms with Gasteiger partial charge in [-0.1, -0.05) is 38.0 Å². The van der Waals surface area contributed by atoms with Crippen LogP contribution in [0.15, 0.2) is 53.4 Å². The van der Waals surface area contributed by atoms with Crippen LogP contribution in [0.1, 0.15) is 42.1 Å². The fourth-order valence-corrected chi connectivity index (χ4v) is 3.78. The molecular weight excluding hydrogens is 398 g/mol. The minimum atomic E-state index is -3.72. The molecule has 1 amide bonds. The summed E-state index contributed by atoms with van der Waals surface area (Å²) in [5, 5.41) is 2.89. The lowest BCUT2D eigenvalue weighted by Crippen LogP contribution is -2.40. The molecule has 0 saturated heterocycles. The van der Waals surface area contributed by atoms with E-state index in [-0.39, 0.29) is 29.3 Å². The number of halogens is 1. The van der Waals surface area contributed by atoms with E-state index < -0.39 is 10.0 Å². The van der Waals surface area contributed by atoms with Gasteiger partial charge in [0.15, 0.2) is 0 Å². The van der Waals surface area contributed by atoms with E-state index in [2.05, 4.69) is 17.0 Å². The topological polar surface area (TPSA) is 101 Å². The Morgan fingerprint density at radius 3 is 2.32 bits per heavy atom. The quantitative estimate of drug-likeness (QED) is 0.572. The maximum absolute atomic E-state index is 12.5. The van der Waals surface area contributed by atoms with E-state index in [4.69, 9.17) is 5.73 Å². The first-order valence-corrected chi connectivity index (χ1v) is 10.5. The highest BCUT2D eigenvalue weighted by Gasteiger charge is 2.17. The maximum Gasteiger partial charge on any atom is 0.261 e. The number of anilines is 1. The smallest absolute Gasteiger partial charge is 0.261 e. The average molecular weight is 426 g/mol. The highest BCUT2D eigenvalue weighted by molar-refractivity contribution is 7.92. The Bertz CT molecular complexity index is 871. The van der Waals surface area contributed by atoms with Gasteiger partial charge < -0.3 is 11.1 Å². The van der Waals surface area contributed by atoms with Crippen LogP contribution in [0.25, 0.3) is 0 Å². The van der Waals surface area contributed by atoms with Crippen LogP contribution in [0.4, 0.5) is 5.69 Å². The van der Waals surface area contributed by atoms with Crippen LogP contribution in [-0.4, -0.2) is 26.9 Å². The number of benzene rings is 2. The number of aryl methyl sites for hydroxylation is 1. The Kier molecular flexibility index (Phi) is 9.45. The van der Waals surface area contributed by atoms with Gasteiger partial charge in [0.1, 0.15) is 0 Å². The van der Waals surface area contributed by atoms with Crippen LogP contribution in [0.2, 0.25) is 0 Å². The molecule has 0 bridgehead atoms. The van der Waals surface area contributed by atoms with Crippen LogP contribution < -0.4 is 15.8 Å². The number of carbonyl (C=O) groups is 1. The molecule has 2 aromatic rings. The van der Waals surface area contributed by atoms with Gasteiger partial charge in [-0.25, -0.2) is 8.42 Å². The van der Waals surface area contributed by atoms with Crippen LogP contribution in [0.5, 0.6) is 0 Å². The fraction of sp³-hybridized carbons (Fsp3) is 0.350. The van der Waals surface area contributed by atoms with E-state index in [0.717, 1.165) is 24.8 Å². The highest BCUT2D eigenvalue weighted by atomic mass is 35.5. The number of carbonyl (C=O) groups excluding carboxylic acids is 1. The summed E-state index contributed by atoms with van der Waals surface area (Å²) >= 11 is 0. The van der Waals surface area contributed by atoms with E-state index >= 15 is 0 Å². The third kappa shape index (κ3) is 6.51. The Hall–Kier alpha value is -2.09. The zero-order valence-corrected chi connectivity index (χ0v) is 17.8. The Morgan fingerprint density at radius 1 is 1.11 bits per heavy atom. The number of nitrogens with two attached hydrogens (primary N) is 1. The molecule has 154 valence electrons. The van der Waals surface area contributed by atoms with Crippen LogP contribution >= 0.6 is 12.4 Å². The molecule has 0 radical (unpaired) electrons. The van der Waals surface area contributed by atoms with Crippen molar-refractivity contribution in [3.63, 3.8) is 0 Å². The summed E-state index contributed by atoms with van der Waals surface area (Å²) < 4.78 is 27.7. The molecule has 0 aliphatic carbocycles. The third-order valence-electron chi connectivity index (χ3n) is 4.34. The zero-order chi connectivity index (χ0) is 19.9. The number of sulfonamides is 1. The molecule has 2 rings (SSSR count). The van der Waals surface area contributed by atoms with Crippen molar-refractivity contribution in [3.8, 4) is 0 Å². The minimum Gasteiger partial charge on any atom is -0.348 e. The van der Waals surface area contributed by atoms with Gasteiger partial charge in [-0.2, -0.15) is 0 Å². The molecular formula is C20H28ClN3O3S. The Morgan fingerprint density at radius 2 is 1.75 bits per heavy atom. The van der Waals surface area contributed by atoms with Gasteiger partial charge in [0.25, 0.3) is 15.9 Å². The number of amides is 1. The van der Waals surface area contributed by atoms with Crippen molar-refractivity contribution in [1.82, 2.24) is 5.32 Å². The third-order valence-corrected chi connectivity index (χ3v) is 5.72. The van der Waals surface area contributed by atoms with Crippen molar-refractivity contribution in [2.24, 2.45) is 5.73 Å². The summed E-state index contributed by atoms with van der Waals surface area (Å²) in [4.78, 5) is 12.4. The van der Waals surface area contributed by atoms with Gasteiger partial charge in [-0.05, 0) is 49.2 Å². The number of para-hydroxylation sites is 1. The molecule has 0 fully saturated rings. The molecule has 2 aromatic carbocycles. The number of unbranched alkanes of at least 4 members (excludes halogenated alkanes) is 1. The number of hydrogen-bond donors (Lipinski definition) is 3. The van der Waals surface area contributed by atoms with Crippen molar-refractivity contribution in [1.29, 1.82) is 0 Å². The van der Waals surface area contributed by atoms with Gasteiger partial charge >= 0.3 is 0 Å². The minimum absolute atomic E-state index is 0. The molecule has 0 heterocycles. The summed E-state index contributed by atoms with van der Waals surface area (Å²) in [6.45, 7) is 4.29. The standard InChI is InChI=1S/C20H27N3O3S.ClH/c1-3-4-8-17(14-21)22-20(24)16-10-12-18(13-11-16)27(25,26)23-19-9-6-5-7-15(19)2;/h5-7,9-13,17,23H,3-4,8,14,21H2,1-2H3,(H,22,24);1H. The predicted molar refractivity (Wildman–Crippen MR) is 116 cm³/mol. The molecule has 1 unspecified atom stereocenters. The summed E-state index contributed by atoms with van der Waals surface area (Å²) in [5.74, 6) is -0.252. The lowest BCUT2D eigenvalue weighted by atomic mass is 10.1. The molecule has 0 aliphatic rings. The lowest BCUT2D eigenvalue weighted by molar-refractivity contribution is 0.0935. The van der Waals surface area contributed by atoms with Crippen molar-refractivity contribution >= 4 is 34.0 Å². The Balaban J connectivity index is 0.00000392. The van der Waals surface area contributed by atoms with Crippen molar-refractivity contribution in [3.05, 3.63) is 59.7 Å². The SMILES string of the molecule is CCCCC(CN)NC(=O)c1ccc(S(=O)(=O)Nc2ccccc2C)cc1.Cl. The van der Waals surface area contributed by atoms with E-state index in [1.807, 2.05) is 19.1 Å². The molecule has 0 aromatic heterocycles. The van der Waals surface area contributed by atoms with Crippen LogP contribution in [0.3, 0.4) is 0 Å². The second-order valence-electron chi connectivity index (χ2n) is 6.49. The van der Waals surface area contributed by atoms with Crippen LogP contribution in [-0.2, 0) is 10.0 Å². The second-order valence-corrected chi connectivity index (χ2v) is 8.18. The molecule has 6 nitrogen and oxygen atoms in total. The van der Waals surface area contributed by atoms with Gasteiger partial charge in [0.2, 0.25) is 0 Å². The molecule has 0 saturated carbocycles. The largest absolute Gasteiger partial charge is 0.348 e. The normalized spacial score (nSPS) is 12.0. The zero-order valence-electron chi connectivity index (χ0n) is 16.1. The average Bonchev–Trinajstić information content (AvgIpc) is 2.66. The molecule has 28 heavy (non-hydrogen) atoms. The van der Waals surface area contributed by atoms with Gasteiger partial charge in [0, 0.05) is 18.2 Å². The van der Waals surface area contributed by atoms with Crippen molar-refractivity contribution in [2.75, 3.05) is 11.3 Å². The predicted octanol–water partition coefficient (Wildman–Crippen LogP) is 3.46. The first kappa shape index (κ1) is 23.9. The first-order chi connectivity index (χ1) is 12.9. The highest BCUT2D eigenvalue weighted by Crippen LogP contribution is 2.19.